The normalized spacial score (nSPS) is 10.9. The fraction of sp³-hybridized carbons (Fsp3) is 0.917. The molecule has 0 unspecified atom stereocenters. The standard InChI is InChI=1S/C12H25NO3/c1-3-5-8-13(10-7-12(14)15)9-6-11-16-4-2/h3-11H2,1-2H3,(H,14,15). The third-order valence-electron chi connectivity index (χ3n) is 2.44. The van der Waals surface area contributed by atoms with Gasteiger partial charge in [-0.15, -0.1) is 0 Å². The molecule has 0 aromatic rings. The van der Waals surface area contributed by atoms with Crippen molar-refractivity contribution in [3.05, 3.63) is 0 Å². The molecule has 1 N–H and O–H groups in total. The average molecular weight is 231 g/mol. The molecule has 0 saturated heterocycles. The Balaban J connectivity index is 3.66. The molecule has 0 radical (unpaired) electrons. The van der Waals surface area contributed by atoms with Crippen molar-refractivity contribution in [1.29, 1.82) is 0 Å². The van der Waals surface area contributed by atoms with E-state index in [2.05, 4.69) is 11.8 Å². The van der Waals surface area contributed by atoms with Gasteiger partial charge in [0, 0.05) is 26.3 Å². The Labute approximate surface area is 98.6 Å². The van der Waals surface area contributed by atoms with Crippen molar-refractivity contribution in [3.63, 3.8) is 0 Å². The van der Waals surface area contributed by atoms with Crippen molar-refractivity contribution in [2.45, 2.75) is 39.5 Å². The molecule has 96 valence electrons. The van der Waals surface area contributed by atoms with E-state index in [9.17, 15) is 4.79 Å². The lowest BCUT2D eigenvalue weighted by molar-refractivity contribution is -0.137. The number of aliphatic carboxylic acids is 1. The van der Waals surface area contributed by atoms with Gasteiger partial charge in [0.25, 0.3) is 0 Å². The van der Waals surface area contributed by atoms with E-state index in [1.165, 1.54) is 0 Å². The first-order valence-electron chi connectivity index (χ1n) is 6.22. The first-order chi connectivity index (χ1) is 7.70. The van der Waals surface area contributed by atoms with Gasteiger partial charge in [-0.1, -0.05) is 13.3 Å². The van der Waals surface area contributed by atoms with Crippen LogP contribution in [0, 0.1) is 0 Å². The number of carbonyl (C=O) groups is 1. The maximum Gasteiger partial charge on any atom is 0.304 e. The van der Waals surface area contributed by atoms with Crippen LogP contribution in [0.1, 0.15) is 39.5 Å². The molecule has 0 aromatic heterocycles. The molecule has 0 aliphatic heterocycles. The largest absolute Gasteiger partial charge is 0.481 e. The van der Waals surface area contributed by atoms with Crippen LogP contribution in [-0.2, 0) is 9.53 Å². The second-order valence-corrected chi connectivity index (χ2v) is 3.89. The SMILES string of the molecule is CCCCN(CCCOCC)CCC(=O)O. The van der Waals surface area contributed by atoms with E-state index in [0.29, 0.717) is 6.54 Å². The van der Waals surface area contributed by atoms with E-state index in [0.717, 1.165) is 45.6 Å². The topological polar surface area (TPSA) is 49.8 Å². The molecule has 0 rings (SSSR count). The highest BCUT2D eigenvalue weighted by molar-refractivity contribution is 5.66. The Hall–Kier alpha value is -0.610. The summed E-state index contributed by atoms with van der Waals surface area (Å²) in [5.74, 6) is -0.716. The number of unbranched alkanes of at least 4 members (excludes halogenated alkanes) is 1. The number of ether oxygens (including phenoxy) is 1. The maximum absolute atomic E-state index is 10.5. The van der Waals surface area contributed by atoms with Gasteiger partial charge in [0.1, 0.15) is 0 Å². The summed E-state index contributed by atoms with van der Waals surface area (Å²) < 4.78 is 5.27. The quantitative estimate of drug-likeness (QED) is 0.552. The lowest BCUT2D eigenvalue weighted by Crippen LogP contribution is -2.29. The molecular formula is C12H25NO3. The Morgan fingerprint density at radius 3 is 2.44 bits per heavy atom. The van der Waals surface area contributed by atoms with E-state index in [1.807, 2.05) is 6.92 Å². The number of hydrogen-bond acceptors (Lipinski definition) is 3. The van der Waals surface area contributed by atoms with E-state index in [1.54, 1.807) is 0 Å². The molecule has 0 aliphatic rings. The zero-order valence-electron chi connectivity index (χ0n) is 10.6. The molecule has 16 heavy (non-hydrogen) atoms. The number of carboxylic acids is 1. The Bertz CT molecular complexity index is 174. The molecule has 0 amide bonds. The number of carboxylic acid groups (broad SMARTS) is 1. The van der Waals surface area contributed by atoms with Gasteiger partial charge >= 0.3 is 5.97 Å². The van der Waals surface area contributed by atoms with E-state index >= 15 is 0 Å². The van der Waals surface area contributed by atoms with Crippen molar-refractivity contribution in [1.82, 2.24) is 4.90 Å². The average Bonchev–Trinajstić information content (AvgIpc) is 2.26. The molecule has 4 nitrogen and oxygen atoms in total. The lowest BCUT2D eigenvalue weighted by atomic mass is 10.2. The van der Waals surface area contributed by atoms with Crippen LogP contribution in [-0.4, -0.2) is 48.8 Å². The van der Waals surface area contributed by atoms with E-state index in [-0.39, 0.29) is 6.42 Å². The number of hydrogen-bond donors (Lipinski definition) is 1. The highest BCUT2D eigenvalue weighted by Gasteiger charge is 2.06. The molecule has 0 saturated carbocycles. The smallest absolute Gasteiger partial charge is 0.304 e. The number of rotatable bonds is 11. The zero-order valence-corrected chi connectivity index (χ0v) is 10.6. The summed E-state index contributed by atoms with van der Waals surface area (Å²) >= 11 is 0. The van der Waals surface area contributed by atoms with Gasteiger partial charge in [-0.2, -0.15) is 0 Å². The summed E-state index contributed by atoms with van der Waals surface area (Å²) in [6.07, 6.45) is 3.50. The summed E-state index contributed by atoms with van der Waals surface area (Å²) in [5, 5.41) is 8.65. The van der Waals surface area contributed by atoms with Gasteiger partial charge in [-0.3, -0.25) is 4.79 Å². The third kappa shape index (κ3) is 9.93. The van der Waals surface area contributed by atoms with Gasteiger partial charge < -0.3 is 14.7 Å². The lowest BCUT2D eigenvalue weighted by Gasteiger charge is -2.21. The van der Waals surface area contributed by atoms with E-state index < -0.39 is 5.97 Å². The Kier molecular flexibility index (Phi) is 10.5. The van der Waals surface area contributed by atoms with Crippen molar-refractivity contribution in [3.8, 4) is 0 Å². The Morgan fingerprint density at radius 1 is 1.19 bits per heavy atom. The Morgan fingerprint density at radius 2 is 1.88 bits per heavy atom. The summed E-state index contributed by atoms with van der Waals surface area (Å²) in [5.41, 5.74) is 0. The van der Waals surface area contributed by atoms with Crippen molar-refractivity contribution >= 4 is 5.97 Å². The molecule has 0 aromatic carbocycles. The summed E-state index contributed by atoms with van der Waals surface area (Å²) in [6, 6.07) is 0. The maximum atomic E-state index is 10.5. The highest BCUT2D eigenvalue weighted by Crippen LogP contribution is 1.99. The van der Waals surface area contributed by atoms with Gasteiger partial charge in [0.15, 0.2) is 0 Å². The van der Waals surface area contributed by atoms with Gasteiger partial charge in [-0.25, -0.2) is 0 Å². The number of nitrogens with zero attached hydrogens (tertiary/aromatic N) is 1. The highest BCUT2D eigenvalue weighted by atomic mass is 16.5. The van der Waals surface area contributed by atoms with Crippen LogP contribution in [0.3, 0.4) is 0 Å². The minimum atomic E-state index is -0.716. The van der Waals surface area contributed by atoms with Crippen LogP contribution in [0.2, 0.25) is 0 Å². The van der Waals surface area contributed by atoms with Crippen LogP contribution in [0.15, 0.2) is 0 Å². The summed E-state index contributed by atoms with van der Waals surface area (Å²) in [4.78, 5) is 12.7. The van der Waals surface area contributed by atoms with E-state index in [4.69, 9.17) is 9.84 Å². The van der Waals surface area contributed by atoms with Crippen LogP contribution in [0.25, 0.3) is 0 Å². The van der Waals surface area contributed by atoms with Crippen LogP contribution in [0.4, 0.5) is 0 Å². The van der Waals surface area contributed by atoms with Gasteiger partial charge in [0.05, 0.1) is 6.42 Å². The molecule has 0 atom stereocenters. The van der Waals surface area contributed by atoms with Crippen LogP contribution >= 0.6 is 0 Å². The molecule has 0 spiro atoms. The van der Waals surface area contributed by atoms with Gasteiger partial charge in [-0.05, 0) is 26.3 Å². The molecular weight excluding hydrogens is 206 g/mol. The van der Waals surface area contributed by atoms with Crippen LogP contribution in [0.5, 0.6) is 0 Å². The van der Waals surface area contributed by atoms with Crippen molar-refractivity contribution in [2.75, 3.05) is 32.8 Å². The monoisotopic (exact) mass is 231 g/mol. The predicted molar refractivity (Wildman–Crippen MR) is 64.7 cm³/mol. The van der Waals surface area contributed by atoms with Crippen molar-refractivity contribution < 1.29 is 14.6 Å². The minimum absolute atomic E-state index is 0.234. The third-order valence-corrected chi connectivity index (χ3v) is 2.44. The predicted octanol–water partition coefficient (Wildman–Crippen LogP) is 1.99. The minimum Gasteiger partial charge on any atom is -0.481 e. The molecule has 0 fully saturated rings. The molecule has 0 bridgehead atoms. The van der Waals surface area contributed by atoms with Gasteiger partial charge in [0.2, 0.25) is 0 Å². The first kappa shape index (κ1) is 15.4. The van der Waals surface area contributed by atoms with Crippen LogP contribution < -0.4 is 0 Å². The molecule has 0 aliphatic carbocycles. The zero-order chi connectivity index (χ0) is 12.2. The second kappa shape index (κ2) is 10.9. The molecule has 0 heterocycles. The summed E-state index contributed by atoms with van der Waals surface area (Å²) in [6.45, 7) is 8.25. The molecule has 4 heteroatoms. The fourth-order valence-corrected chi connectivity index (χ4v) is 1.51. The first-order valence-corrected chi connectivity index (χ1v) is 6.22. The summed E-state index contributed by atoms with van der Waals surface area (Å²) in [7, 11) is 0. The second-order valence-electron chi connectivity index (χ2n) is 3.89. The fourth-order valence-electron chi connectivity index (χ4n) is 1.51. The van der Waals surface area contributed by atoms with Crippen molar-refractivity contribution in [2.24, 2.45) is 0 Å².